The van der Waals surface area contributed by atoms with Crippen molar-refractivity contribution in [3.05, 3.63) is 51.5 Å². The second-order valence-electron chi connectivity index (χ2n) is 6.51. The number of esters is 1. The van der Waals surface area contributed by atoms with Crippen LogP contribution in [0.25, 0.3) is 0 Å². The minimum absolute atomic E-state index is 0.194. The number of ketones is 1. The lowest BCUT2D eigenvalue weighted by molar-refractivity contribution is 0.0474. The van der Waals surface area contributed by atoms with E-state index in [1.807, 2.05) is 19.9 Å². The van der Waals surface area contributed by atoms with Crippen LogP contribution in [-0.4, -0.2) is 27.9 Å². The third kappa shape index (κ3) is 5.01. The first-order valence-corrected chi connectivity index (χ1v) is 9.06. The quantitative estimate of drug-likeness (QED) is 0.506. The van der Waals surface area contributed by atoms with E-state index in [0.717, 1.165) is 24.4 Å². The van der Waals surface area contributed by atoms with Crippen LogP contribution in [0.3, 0.4) is 0 Å². The van der Waals surface area contributed by atoms with Gasteiger partial charge in [-0.2, -0.15) is 0 Å². The van der Waals surface area contributed by atoms with Gasteiger partial charge in [0.1, 0.15) is 0 Å². The van der Waals surface area contributed by atoms with Crippen molar-refractivity contribution < 1.29 is 14.3 Å². The van der Waals surface area contributed by atoms with Crippen molar-refractivity contribution in [2.24, 2.45) is 5.92 Å². The minimum atomic E-state index is -0.559. The molecule has 0 fully saturated rings. The molecule has 25 heavy (non-hydrogen) atoms. The number of hydrogen-bond donors (Lipinski definition) is 0. The number of nitrogens with zero attached hydrogens (tertiary/aromatic N) is 2. The Balaban J connectivity index is 2.03. The summed E-state index contributed by atoms with van der Waals surface area (Å²) in [7, 11) is 0. The Hall–Kier alpha value is -1.95. The average Bonchev–Trinajstić information content (AvgIpc) is 2.84. The van der Waals surface area contributed by atoms with Crippen LogP contribution in [0.5, 0.6) is 0 Å². The van der Waals surface area contributed by atoms with Crippen molar-refractivity contribution in [2.75, 3.05) is 6.61 Å². The zero-order valence-corrected chi connectivity index (χ0v) is 16.6. The first-order valence-electron chi connectivity index (χ1n) is 8.27. The molecule has 0 unspecified atom stereocenters. The fourth-order valence-corrected chi connectivity index (χ4v) is 3.00. The summed E-state index contributed by atoms with van der Waals surface area (Å²) in [4.78, 5) is 28.4. The zero-order valence-electron chi connectivity index (χ0n) is 15.0. The summed E-state index contributed by atoms with van der Waals surface area (Å²) >= 11 is 3.25. The Bertz CT molecular complexity index is 781. The first kappa shape index (κ1) is 19.4. The van der Waals surface area contributed by atoms with Gasteiger partial charge in [-0.05, 0) is 54.2 Å². The average molecular weight is 407 g/mol. The summed E-state index contributed by atoms with van der Waals surface area (Å²) in [5, 5.41) is 0. The van der Waals surface area contributed by atoms with Crippen LogP contribution < -0.4 is 0 Å². The summed E-state index contributed by atoms with van der Waals surface area (Å²) in [6.45, 7) is 8.88. The van der Waals surface area contributed by atoms with E-state index in [9.17, 15) is 9.59 Å². The van der Waals surface area contributed by atoms with Crippen LogP contribution >= 0.6 is 15.9 Å². The van der Waals surface area contributed by atoms with E-state index in [4.69, 9.17) is 4.74 Å². The number of Topliss-reactive ketones (excluding diaryl/α,β-unsaturated/α-hetero) is 1. The van der Waals surface area contributed by atoms with Crippen LogP contribution in [0.4, 0.5) is 0 Å². The van der Waals surface area contributed by atoms with Gasteiger partial charge in [-0.25, -0.2) is 4.79 Å². The highest BCUT2D eigenvalue weighted by atomic mass is 79.9. The molecule has 2 rings (SSSR count). The summed E-state index contributed by atoms with van der Waals surface area (Å²) in [5.74, 6) is -0.156. The third-order valence-electron chi connectivity index (χ3n) is 4.08. The summed E-state index contributed by atoms with van der Waals surface area (Å²) < 4.78 is 7.97. The lowest BCUT2D eigenvalue weighted by atomic mass is 10.1. The third-order valence-corrected chi connectivity index (χ3v) is 4.51. The summed E-state index contributed by atoms with van der Waals surface area (Å²) in [6, 6.07) is 3.48. The van der Waals surface area contributed by atoms with Crippen molar-refractivity contribution in [2.45, 2.75) is 40.7 Å². The molecular formula is C19H23BrN2O3. The number of hydrogen-bond acceptors (Lipinski definition) is 4. The Morgan fingerprint density at radius 1 is 1.24 bits per heavy atom. The topological polar surface area (TPSA) is 61.2 Å². The van der Waals surface area contributed by atoms with Gasteiger partial charge in [0, 0.05) is 40.4 Å². The largest absolute Gasteiger partial charge is 0.454 e. The second kappa shape index (κ2) is 8.43. The van der Waals surface area contributed by atoms with Crippen molar-refractivity contribution in [1.29, 1.82) is 0 Å². The van der Waals surface area contributed by atoms with E-state index in [1.165, 1.54) is 6.20 Å². The van der Waals surface area contributed by atoms with Crippen LogP contribution in [0.1, 0.15) is 52.4 Å². The fourth-order valence-electron chi connectivity index (χ4n) is 2.63. The van der Waals surface area contributed by atoms with Crippen molar-refractivity contribution in [3.63, 3.8) is 0 Å². The van der Waals surface area contributed by atoms with Gasteiger partial charge in [0.2, 0.25) is 5.78 Å². The van der Waals surface area contributed by atoms with Gasteiger partial charge in [0.05, 0.1) is 5.56 Å². The standard InChI is InChI=1S/C19H23BrN2O3/c1-12(2)5-6-22-13(3)7-17(14(22)4)18(23)11-25-19(24)15-8-16(20)10-21-9-15/h7-10,12H,5-6,11H2,1-4H3. The number of halogens is 1. The number of ether oxygens (including phenoxy) is 1. The molecule has 0 N–H and O–H groups in total. The maximum atomic E-state index is 12.5. The molecule has 2 aromatic heterocycles. The van der Waals surface area contributed by atoms with Crippen molar-refractivity contribution in [3.8, 4) is 0 Å². The maximum absolute atomic E-state index is 12.5. The minimum Gasteiger partial charge on any atom is -0.454 e. The highest BCUT2D eigenvalue weighted by Gasteiger charge is 2.18. The second-order valence-corrected chi connectivity index (χ2v) is 7.43. The predicted octanol–water partition coefficient (Wildman–Crippen LogP) is 4.35. The van der Waals surface area contributed by atoms with Gasteiger partial charge in [0.25, 0.3) is 0 Å². The molecule has 0 saturated heterocycles. The molecule has 0 aliphatic carbocycles. The zero-order chi connectivity index (χ0) is 18.6. The lowest BCUT2D eigenvalue weighted by Crippen LogP contribution is -2.15. The van der Waals surface area contributed by atoms with Crippen molar-refractivity contribution >= 4 is 27.7 Å². The first-order chi connectivity index (χ1) is 11.8. The van der Waals surface area contributed by atoms with Crippen LogP contribution in [-0.2, 0) is 11.3 Å². The Labute approximate surface area is 156 Å². The SMILES string of the molecule is Cc1cc(C(=O)COC(=O)c2cncc(Br)c2)c(C)n1CCC(C)C. The molecule has 0 atom stereocenters. The van der Waals surface area contributed by atoms with Gasteiger partial charge in [-0.15, -0.1) is 0 Å². The van der Waals surface area contributed by atoms with E-state index in [1.54, 1.807) is 12.3 Å². The summed E-state index contributed by atoms with van der Waals surface area (Å²) in [5.41, 5.74) is 2.89. The van der Waals surface area contributed by atoms with E-state index in [2.05, 4.69) is 39.3 Å². The normalized spacial score (nSPS) is 11.0. The smallest absolute Gasteiger partial charge is 0.340 e. The van der Waals surface area contributed by atoms with Gasteiger partial charge in [-0.3, -0.25) is 9.78 Å². The van der Waals surface area contributed by atoms with Gasteiger partial charge in [0.15, 0.2) is 6.61 Å². The number of aryl methyl sites for hydroxylation is 1. The van der Waals surface area contributed by atoms with Gasteiger partial charge < -0.3 is 9.30 Å². The van der Waals surface area contributed by atoms with Crippen molar-refractivity contribution in [1.82, 2.24) is 9.55 Å². The molecule has 0 amide bonds. The molecule has 0 saturated carbocycles. The Morgan fingerprint density at radius 3 is 2.60 bits per heavy atom. The maximum Gasteiger partial charge on any atom is 0.340 e. The number of carbonyl (C=O) groups is 2. The molecule has 0 spiro atoms. The molecule has 0 radical (unpaired) electrons. The molecule has 6 heteroatoms. The van der Waals surface area contributed by atoms with E-state index in [0.29, 0.717) is 21.5 Å². The number of rotatable bonds is 7. The molecule has 134 valence electrons. The summed E-state index contributed by atoms with van der Waals surface area (Å²) in [6.07, 6.45) is 4.04. The molecular weight excluding hydrogens is 384 g/mol. The van der Waals surface area contributed by atoms with Crippen LogP contribution in [0.15, 0.2) is 29.0 Å². The Kier molecular flexibility index (Phi) is 6.53. The van der Waals surface area contributed by atoms with Gasteiger partial charge >= 0.3 is 5.97 Å². The Morgan fingerprint density at radius 2 is 1.96 bits per heavy atom. The molecule has 0 bridgehead atoms. The fraction of sp³-hybridized carbons (Fsp3) is 0.421. The molecule has 0 aromatic carbocycles. The molecule has 0 aliphatic heterocycles. The van der Waals surface area contributed by atoms with Gasteiger partial charge in [-0.1, -0.05) is 13.8 Å². The van der Waals surface area contributed by atoms with E-state index >= 15 is 0 Å². The van der Waals surface area contributed by atoms with Crippen LogP contribution in [0.2, 0.25) is 0 Å². The molecule has 5 nitrogen and oxygen atoms in total. The predicted molar refractivity (Wildman–Crippen MR) is 99.9 cm³/mol. The lowest BCUT2D eigenvalue weighted by Gasteiger charge is -2.11. The number of carbonyl (C=O) groups excluding carboxylic acids is 2. The molecule has 2 aromatic rings. The number of aromatic nitrogens is 2. The highest BCUT2D eigenvalue weighted by Crippen LogP contribution is 2.18. The monoisotopic (exact) mass is 406 g/mol. The van der Waals surface area contributed by atoms with E-state index < -0.39 is 5.97 Å². The molecule has 2 heterocycles. The molecule has 0 aliphatic rings. The van der Waals surface area contributed by atoms with E-state index in [-0.39, 0.29) is 12.4 Å². The number of pyridine rings is 1. The van der Waals surface area contributed by atoms with Crippen LogP contribution in [0, 0.1) is 19.8 Å². The highest BCUT2D eigenvalue weighted by molar-refractivity contribution is 9.10.